The Morgan fingerprint density at radius 1 is 1.20 bits per heavy atom. The van der Waals surface area contributed by atoms with E-state index in [1.165, 1.54) is 0 Å². The molecule has 0 radical (unpaired) electrons. The molecule has 1 aromatic carbocycles. The molecule has 30 heavy (non-hydrogen) atoms. The number of imidazole rings is 1. The van der Waals surface area contributed by atoms with Gasteiger partial charge in [-0.15, -0.1) is 5.10 Å². The smallest absolute Gasteiger partial charge is 0.312 e. The second-order valence-corrected chi connectivity index (χ2v) is 7.95. The van der Waals surface area contributed by atoms with E-state index in [4.69, 9.17) is 4.74 Å². The Morgan fingerprint density at radius 3 is 2.73 bits per heavy atom. The average Bonchev–Trinajstić information content (AvgIpc) is 3.51. The minimum atomic E-state index is -0.496. The first-order valence-electron chi connectivity index (χ1n) is 10.1. The van der Waals surface area contributed by atoms with Crippen LogP contribution in [0.2, 0.25) is 0 Å². The molecular formula is C21H22N6O3. The molecule has 2 aromatic heterocycles. The number of aromatic nitrogens is 5. The summed E-state index contributed by atoms with van der Waals surface area (Å²) in [4.78, 5) is 31.3. The van der Waals surface area contributed by atoms with Gasteiger partial charge in [0.1, 0.15) is 6.10 Å². The van der Waals surface area contributed by atoms with Crippen LogP contribution in [0.3, 0.4) is 0 Å². The van der Waals surface area contributed by atoms with Gasteiger partial charge in [0.05, 0.1) is 30.2 Å². The summed E-state index contributed by atoms with van der Waals surface area (Å²) in [5, 5.41) is 8.12. The average molecular weight is 406 g/mol. The quantitative estimate of drug-likeness (QED) is 0.612. The van der Waals surface area contributed by atoms with Crippen LogP contribution in [0.4, 0.5) is 0 Å². The van der Waals surface area contributed by atoms with Gasteiger partial charge in [-0.1, -0.05) is 23.4 Å². The molecule has 5 rings (SSSR count). The zero-order valence-electron chi connectivity index (χ0n) is 16.4. The Labute approximate surface area is 173 Å². The van der Waals surface area contributed by atoms with Crippen molar-refractivity contribution < 1.29 is 14.3 Å². The normalized spacial score (nSPS) is 20.5. The molecule has 0 saturated carbocycles. The maximum atomic E-state index is 12.9. The maximum Gasteiger partial charge on any atom is 0.312 e. The van der Waals surface area contributed by atoms with Crippen molar-refractivity contribution in [2.75, 3.05) is 13.1 Å². The Kier molecular flexibility index (Phi) is 4.57. The molecule has 1 unspecified atom stereocenters. The number of hydrogen-bond acceptors (Lipinski definition) is 6. The molecular weight excluding hydrogens is 384 g/mol. The van der Waals surface area contributed by atoms with E-state index in [2.05, 4.69) is 15.3 Å². The van der Waals surface area contributed by atoms with Crippen molar-refractivity contribution in [2.24, 2.45) is 5.41 Å². The van der Waals surface area contributed by atoms with Gasteiger partial charge in [-0.05, 0) is 25.0 Å². The number of piperidine rings is 1. The van der Waals surface area contributed by atoms with E-state index in [0.29, 0.717) is 44.6 Å². The molecule has 2 fully saturated rings. The fourth-order valence-electron chi connectivity index (χ4n) is 4.35. The number of esters is 1. The lowest BCUT2D eigenvalue weighted by atomic mass is 9.76. The number of likely N-dealkylation sites (tertiary alicyclic amines) is 1. The van der Waals surface area contributed by atoms with E-state index in [9.17, 15) is 9.59 Å². The van der Waals surface area contributed by atoms with Crippen molar-refractivity contribution >= 4 is 11.9 Å². The molecule has 0 aliphatic carbocycles. The van der Waals surface area contributed by atoms with Gasteiger partial charge < -0.3 is 14.2 Å². The highest BCUT2D eigenvalue weighted by atomic mass is 16.6. The summed E-state index contributed by atoms with van der Waals surface area (Å²) in [6.45, 7) is 1.62. The number of carbonyl (C=O) groups is 2. The van der Waals surface area contributed by atoms with Gasteiger partial charge in [0.25, 0.3) is 5.91 Å². The summed E-state index contributed by atoms with van der Waals surface area (Å²) >= 11 is 0. The van der Waals surface area contributed by atoms with Gasteiger partial charge >= 0.3 is 5.97 Å². The Bertz CT molecular complexity index is 1040. The molecule has 2 aliphatic rings. The second kappa shape index (κ2) is 7.40. The Morgan fingerprint density at radius 2 is 2.00 bits per heavy atom. The largest absolute Gasteiger partial charge is 0.460 e. The highest BCUT2D eigenvalue weighted by molar-refractivity contribution is 5.92. The number of benzene rings is 1. The molecule has 9 nitrogen and oxygen atoms in total. The van der Waals surface area contributed by atoms with Crippen LogP contribution in [0.15, 0.2) is 55.2 Å². The van der Waals surface area contributed by atoms with Crippen LogP contribution < -0.4 is 0 Å². The van der Waals surface area contributed by atoms with E-state index < -0.39 is 5.41 Å². The summed E-state index contributed by atoms with van der Waals surface area (Å²) in [6.07, 6.45) is 8.68. The summed E-state index contributed by atoms with van der Waals surface area (Å²) in [6, 6.07) is 9.54. The predicted molar refractivity (Wildman–Crippen MR) is 106 cm³/mol. The molecule has 0 N–H and O–H groups in total. The first-order chi connectivity index (χ1) is 14.6. The molecule has 2 saturated heterocycles. The number of nitrogens with zero attached hydrogens (tertiary/aromatic N) is 6. The number of carbonyl (C=O) groups excluding carboxylic acids is 2. The minimum absolute atomic E-state index is 0.144. The highest BCUT2D eigenvalue weighted by Gasteiger charge is 2.51. The lowest BCUT2D eigenvalue weighted by Gasteiger charge is -2.36. The predicted octanol–water partition coefficient (Wildman–Crippen LogP) is 1.70. The standard InChI is InChI=1S/C21H22N6O3/c28-19(18-14-27(24-23-18)16-4-2-1-3-5-16)26-9-6-21(7-10-26)12-17(30-20(21)29)13-25-11-8-22-15-25/h1-5,8,11,14-15,17H,6-7,9-10,12-13H2. The highest BCUT2D eigenvalue weighted by Crippen LogP contribution is 2.43. The van der Waals surface area contributed by atoms with Crippen molar-refractivity contribution in [1.29, 1.82) is 0 Å². The Hall–Kier alpha value is -3.49. The molecule has 3 aromatic rings. The fraction of sp³-hybridized carbons (Fsp3) is 0.381. The zero-order valence-corrected chi connectivity index (χ0v) is 16.4. The van der Waals surface area contributed by atoms with E-state index >= 15 is 0 Å². The number of rotatable bonds is 4. The molecule has 1 spiro atoms. The fourth-order valence-corrected chi connectivity index (χ4v) is 4.35. The topological polar surface area (TPSA) is 95.1 Å². The summed E-state index contributed by atoms with van der Waals surface area (Å²) in [5.74, 6) is -0.303. The van der Waals surface area contributed by atoms with Crippen LogP contribution in [0.5, 0.6) is 0 Å². The van der Waals surface area contributed by atoms with Gasteiger partial charge in [-0.25, -0.2) is 9.67 Å². The van der Waals surface area contributed by atoms with Crippen LogP contribution in [0, 0.1) is 5.41 Å². The van der Waals surface area contributed by atoms with Crippen molar-refractivity contribution in [1.82, 2.24) is 29.4 Å². The first kappa shape index (κ1) is 18.5. The van der Waals surface area contributed by atoms with Gasteiger partial charge in [-0.2, -0.15) is 0 Å². The molecule has 0 bridgehead atoms. The van der Waals surface area contributed by atoms with Gasteiger partial charge in [-0.3, -0.25) is 9.59 Å². The van der Waals surface area contributed by atoms with E-state index in [-0.39, 0.29) is 18.0 Å². The third kappa shape index (κ3) is 3.36. The number of ether oxygens (including phenoxy) is 1. The van der Waals surface area contributed by atoms with Gasteiger partial charge in [0.15, 0.2) is 5.69 Å². The lowest BCUT2D eigenvalue weighted by Crippen LogP contribution is -2.45. The van der Waals surface area contributed by atoms with E-state index in [1.54, 1.807) is 28.3 Å². The summed E-state index contributed by atoms with van der Waals surface area (Å²) < 4.78 is 9.16. The van der Waals surface area contributed by atoms with Crippen molar-refractivity contribution in [3.63, 3.8) is 0 Å². The third-order valence-electron chi connectivity index (χ3n) is 6.04. The van der Waals surface area contributed by atoms with Crippen molar-refractivity contribution in [2.45, 2.75) is 31.9 Å². The van der Waals surface area contributed by atoms with Crippen LogP contribution in [-0.4, -0.2) is 60.5 Å². The van der Waals surface area contributed by atoms with E-state index in [1.807, 2.05) is 41.1 Å². The first-order valence-corrected chi connectivity index (χ1v) is 10.1. The van der Waals surface area contributed by atoms with Crippen LogP contribution in [0.25, 0.3) is 5.69 Å². The molecule has 1 atom stereocenters. The van der Waals surface area contributed by atoms with Crippen molar-refractivity contribution in [3.8, 4) is 5.69 Å². The van der Waals surface area contributed by atoms with Crippen molar-refractivity contribution in [3.05, 3.63) is 60.9 Å². The van der Waals surface area contributed by atoms with Gasteiger partial charge in [0.2, 0.25) is 0 Å². The third-order valence-corrected chi connectivity index (χ3v) is 6.04. The minimum Gasteiger partial charge on any atom is -0.460 e. The van der Waals surface area contributed by atoms with Gasteiger partial charge in [0, 0.05) is 31.9 Å². The van der Waals surface area contributed by atoms with Crippen LogP contribution >= 0.6 is 0 Å². The van der Waals surface area contributed by atoms with Crippen LogP contribution in [-0.2, 0) is 16.1 Å². The number of para-hydroxylation sites is 1. The SMILES string of the molecule is O=C(c1cn(-c2ccccc2)nn1)N1CCC2(CC1)CC(Cn1ccnc1)OC2=O. The zero-order chi connectivity index (χ0) is 20.6. The monoisotopic (exact) mass is 406 g/mol. The number of hydrogen-bond donors (Lipinski definition) is 0. The second-order valence-electron chi connectivity index (χ2n) is 7.95. The number of amides is 1. The Balaban J connectivity index is 1.22. The maximum absolute atomic E-state index is 12.9. The lowest BCUT2D eigenvalue weighted by molar-refractivity contribution is -0.150. The summed E-state index contributed by atoms with van der Waals surface area (Å²) in [7, 11) is 0. The van der Waals surface area contributed by atoms with E-state index in [0.717, 1.165) is 5.69 Å². The summed E-state index contributed by atoms with van der Waals surface area (Å²) in [5.41, 5.74) is 0.657. The molecule has 4 heterocycles. The molecule has 154 valence electrons. The van der Waals surface area contributed by atoms with Crippen LogP contribution in [0.1, 0.15) is 29.8 Å². The molecule has 2 aliphatic heterocycles. The molecule has 1 amide bonds. The molecule has 9 heteroatoms. The number of cyclic esters (lactones) is 1.